The summed E-state index contributed by atoms with van der Waals surface area (Å²) in [5.41, 5.74) is 19.1. The van der Waals surface area contributed by atoms with E-state index < -0.39 is 0 Å². The number of hydrogen-bond acceptors (Lipinski definition) is 1. The molecule has 2 atom stereocenters. The summed E-state index contributed by atoms with van der Waals surface area (Å²) < 4.78 is 5.01. The average molecular weight is 790 g/mol. The van der Waals surface area contributed by atoms with Crippen molar-refractivity contribution < 1.29 is 0 Å². The SMILES string of the molecule is Cc1ccc(-n2c(CC3=CC=CC4CC34)ccc2-c2ccccc2)cc1C1=CCC(N(C)c2ccccc2C2=CC=CCCC2)=CC(n2c3ccccc3c3ccccc32)=C1. The van der Waals surface area contributed by atoms with Crippen LogP contribution in [-0.4, -0.2) is 16.2 Å². The number of fused-ring (bicyclic) bond motifs is 4. The smallest absolute Gasteiger partial charge is 0.0541 e. The van der Waals surface area contributed by atoms with Gasteiger partial charge in [-0.1, -0.05) is 139 Å². The highest BCUT2D eigenvalue weighted by molar-refractivity contribution is 6.11. The Hall–Kier alpha value is -6.84. The van der Waals surface area contributed by atoms with Crippen LogP contribution in [0, 0.1) is 18.8 Å². The summed E-state index contributed by atoms with van der Waals surface area (Å²) >= 11 is 0. The van der Waals surface area contributed by atoms with Crippen LogP contribution in [0.15, 0.2) is 199 Å². The number of anilines is 1. The van der Waals surface area contributed by atoms with Gasteiger partial charge in [0, 0.05) is 64.7 Å². The second kappa shape index (κ2) is 15.6. The third-order valence-corrected chi connectivity index (χ3v) is 13.5. The number of aryl methyl sites for hydroxylation is 1. The van der Waals surface area contributed by atoms with Crippen molar-refractivity contribution in [1.29, 1.82) is 0 Å². The average Bonchev–Trinajstić information content (AvgIpc) is 4.03. The maximum atomic E-state index is 2.52. The minimum atomic E-state index is 0.690. The van der Waals surface area contributed by atoms with Crippen molar-refractivity contribution in [2.24, 2.45) is 11.8 Å². The van der Waals surface area contributed by atoms with Crippen LogP contribution in [0.1, 0.15) is 54.5 Å². The minimum Gasteiger partial charge on any atom is -0.347 e. The number of benzene rings is 5. The zero-order chi connectivity index (χ0) is 40.9. The Morgan fingerprint density at radius 3 is 2.31 bits per heavy atom. The highest BCUT2D eigenvalue weighted by atomic mass is 15.1. The molecule has 0 N–H and O–H groups in total. The molecule has 0 saturated heterocycles. The van der Waals surface area contributed by atoms with Crippen molar-refractivity contribution in [2.45, 2.75) is 45.4 Å². The predicted molar refractivity (Wildman–Crippen MR) is 259 cm³/mol. The molecule has 0 radical (unpaired) electrons. The van der Waals surface area contributed by atoms with Crippen molar-refractivity contribution in [3.63, 3.8) is 0 Å². The van der Waals surface area contributed by atoms with E-state index in [9.17, 15) is 0 Å². The number of rotatable bonds is 9. The van der Waals surface area contributed by atoms with Gasteiger partial charge in [0.1, 0.15) is 0 Å². The molecule has 5 aromatic carbocycles. The van der Waals surface area contributed by atoms with Gasteiger partial charge in [0.05, 0.1) is 16.7 Å². The van der Waals surface area contributed by atoms with E-state index in [0.29, 0.717) is 5.92 Å². The van der Waals surface area contributed by atoms with Gasteiger partial charge in [-0.25, -0.2) is 0 Å². The Kier molecular flexibility index (Phi) is 9.53. The minimum absolute atomic E-state index is 0.690. The summed E-state index contributed by atoms with van der Waals surface area (Å²) in [5, 5.41) is 2.53. The molecule has 0 spiro atoms. The van der Waals surface area contributed by atoms with E-state index in [0.717, 1.165) is 37.3 Å². The van der Waals surface area contributed by atoms with Crippen molar-refractivity contribution in [3.8, 4) is 16.9 Å². The summed E-state index contributed by atoms with van der Waals surface area (Å²) in [6.45, 7) is 2.27. The summed E-state index contributed by atoms with van der Waals surface area (Å²) in [6.07, 6.45) is 27.6. The van der Waals surface area contributed by atoms with Crippen molar-refractivity contribution in [3.05, 3.63) is 222 Å². The first kappa shape index (κ1) is 37.2. The molecule has 0 amide bonds. The molecule has 11 rings (SSSR count). The standard InChI is InChI=1S/C58H51N3/c1-40-29-31-48(60-47(35-43-21-16-22-44-37-54(43)44)33-34-55(60)42-19-8-5-9-20-42)39-53(40)45-30-32-46(59(2)56-26-13-10-23-50(56)41-17-6-3-4-7-18-41)38-49(36-45)61-57-27-14-11-24-51(57)52-25-12-15-28-58(52)61/h3,5-6,8-17,19-31,33-34,36,38-39,44,54H,4,7,18,32,35,37H2,1-2H3. The van der Waals surface area contributed by atoms with E-state index in [1.165, 1.54) is 96.5 Å². The van der Waals surface area contributed by atoms with Crippen LogP contribution >= 0.6 is 0 Å². The zero-order valence-electron chi connectivity index (χ0n) is 35.1. The molecule has 2 heterocycles. The largest absolute Gasteiger partial charge is 0.347 e. The van der Waals surface area contributed by atoms with Gasteiger partial charge in [-0.05, 0) is 127 Å². The Labute approximate surface area is 360 Å². The second-order valence-electron chi connectivity index (χ2n) is 17.2. The van der Waals surface area contributed by atoms with Gasteiger partial charge in [0.2, 0.25) is 0 Å². The molecule has 0 aliphatic heterocycles. The molecule has 4 aliphatic carbocycles. The van der Waals surface area contributed by atoms with E-state index >= 15 is 0 Å². The van der Waals surface area contributed by atoms with Gasteiger partial charge >= 0.3 is 0 Å². The molecule has 3 heteroatoms. The molecule has 3 nitrogen and oxygen atoms in total. The summed E-state index contributed by atoms with van der Waals surface area (Å²) in [4.78, 5) is 2.44. The molecular formula is C58H51N3. The number of hydrogen-bond donors (Lipinski definition) is 0. The van der Waals surface area contributed by atoms with Crippen molar-refractivity contribution in [1.82, 2.24) is 9.13 Å². The number of para-hydroxylation sites is 3. The van der Waals surface area contributed by atoms with E-state index in [2.05, 4.69) is 216 Å². The molecule has 1 fully saturated rings. The van der Waals surface area contributed by atoms with Gasteiger partial charge in [-0.2, -0.15) is 0 Å². The molecular weight excluding hydrogens is 739 g/mol. The Balaban J connectivity index is 1.07. The maximum absolute atomic E-state index is 2.52. The molecule has 2 unspecified atom stereocenters. The Bertz CT molecular complexity index is 3010. The first-order valence-electron chi connectivity index (χ1n) is 22.1. The number of aromatic nitrogens is 2. The zero-order valence-corrected chi connectivity index (χ0v) is 35.1. The first-order chi connectivity index (χ1) is 30.1. The molecule has 61 heavy (non-hydrogen) atoms. The van der Waals surface area contributed by atoms with Crippen LogP contribution < -0.4 is 4.90 Å². The third kappa shape index (κ3) is 6.88. The number of allylic oxidation sites excluding steroid dienone is 13. The van der Waals surface area contributed by atoms with Crippen LogP contribution in [0.4, 0.5) is 5.69 Å². The predicted octanol–water partition coefficient (Wildman–Crippen LogP) is 14.7. The van der Waals surface area contributed by atoms with Gasteiger partial charge in [-0.15, -0.1) is 0 Å². The van der Waals surface area contributed by atoms with E-state index in [-0.39, 0.29) is 0 Å². The van der Waals surface area contributed by atoms with Crippen LogP contribution in [0.3, 0.4) is 0 Å². The van der Waals surface area contributed by atoms with Crippen LogP contribution in [0.25, 0.3) is 55.6 Å². The number of nitrogens with zero attached hydrogens (tertiary/aromatic N) is 3. The lowest BCUT2D eigenvalue weighted by atomic mass is 9.97. The summed E-state index contributed by atoms with van der Waals surface area (Å²) in [6, 6.07) is 49.4. The molecule has 4 aliphatic rings. The summed E-state index contributed by atoms with van der Waals surface area (Å²) in [5.74, 6) is 1.41. The first-order valence-corrected chi connectivity index (χ1v) is 22.1. The van der Waals surface area contributed by atoms with Gasteiger partial charge < -0.3 is 14.0 Å². The topological polar surface area (TPSA) is 13.1 Å². The summed E-state index contributed by atoms with van der Waals surface area (Å²) in [7, 11) is 2.26. The highest BCUT2D eigenvalue weighted by Crippen LogP contribution is 2.49. The van der Waals surface area contributed by atoms with Gasteiger partial charge in [0.25, 0.3) is 0 Å². The quantitative estimate of drug-likeness (QED) is 0.142. The van der Waals surface area contributed by atoms with Crippen LogP contribution in [0.5, 0.6) is 0 Å². The Morgan fingerprint density at radius 2 is 1.48 bits per heavy atom. The van der Waals surface area contributed by atoms with E-state index in [1.807, 2.05) is 0 Å². The fraction of sp³-hybridized carbons (Fsp3) is 0.172. The van der Waals surface area contributed by atoms with E-state index in [1.54, 1.807) is 5.57 Å². The molecule has 298 valence electrons. The van der Waals surface area contributed by atoms with Crippen molar-refractivity contribution >= 4 is 44.3 Å². The van der Waals surface area contributed by atoms with Crippen LogP contribution in [0.2, 0.25) is 0 Å². The second-order valence-corrected chi connectivity index (χ2v) is 17.2. The van der Waals surface area contributed by atoms with Gasteiger partial charge in [0.15, 0.2) is 0 Å². The van der Waals surface area contributed by atoms with Crippen molar-refractivity contribution in [2.75, 3.05) is 11.9 Å². The van der Waals surface area contributed by atoms with Crippen LogP contribution in [-0.2, 0) is 6.42 Å². The lowest BCUT2D eigenvalue weighted by molar-refractivity contribution is 0.835. The molecule has 1 saturated carbocycles. The van der Waals surface area contributed by atoms with E-state index in [4.69, 9.17) is 0 Å². The maximum Gasteiger partial charge on any atom is 0.0541 e. The molecule has 7 aromatic rings. The fourth-order valence-corrected chi connectivity index (χ4v) is 10.2. The monoisotopic (exact) mass is 789 g/mol. The lowest BCUT2D eigenvalue weighted by Crippen LogP contribution is -2.18. The fourth-order valence-electron chi connectivity index (χ4n) is 10.2. The normalized spacial score (nSPS) is 18.4. The third-order valence-electron chi connectivity index (χ3n) is 13.5. The molecule has 0 bridgehead atoms. The highest BCUT2D eigenvalue weighted by Gasteiger charge is 2.39. The Morgan fingerprint density at radius 1 is 0.705 bits per heavy atom. The lowest BCUT2D eigenvalue weighted by Gasteiger charge is -2.26. The molecule has 2 aromatic heterocycles. The van der Waals surface area contributed by atoms with Gasteiger partial charge in [-0.3, -0.25) is 0 Å².